The summed E-state index contributed by atoms with van der Waals surface area (Å²) < 4.78 is 19.8. The molecule has 1 N–H and O–H groups in total. The fourth-order valence-electron chi connectivity index (χ4n) is 3.82. The van der Waals surface area contributed by atoms with Gasteiger partial charge in [0.15, 0.2) is 0 Å². The van der Waals surface area contributed by atoms with Gasteiger partial charge in [-0.3, -0.25) is 10.2 Å². The van der Waals surface area contributed by atoms with Crippen LogP contribution in [0, 0.1) is 22.7 Å². The Morgan fingerprint density at radius 1 is 1.21 bits per heavy atom. The summed E-state index contributed by atoms with van der Waals surface area (Å²) in [7, 11) is 0. The fourth-order valence-corrected chi connectivity index (χ4v) is 3.82. The van der Waals surface area contributed by atoms with Crippen molar-refractivity contribution in [1.29, 1.82) is 10.5 Å². The molecule has 4 rings (SSSR count). The third-order valence-corrected chi connectivity index (χ3v) is 5.34. The maximum absolute atomic E-state index is 13.4. The summed E-state index contributed by atoms with van der Waals surface area (Å²) in [5, 5.41) is 26.2. The number of aromatic nitrogens is 3. The molecule has 2 aromatic carbocycles. The number of rotatable bonds is 5. The molecule has 0 saturated carbocycles. The minimum absolute atomic E-state index is 0.00858. The number of nitrogens with zero attached hydrogens (tertiary/aromatic N) is 6. The van der Waals surface area contributed by atoms with E-state index in [1.165, 1.54) is 4.68 Å². The molecule has 0 radical (unpaired) electrons. The van der Waals surface area contributed by atoms with Crippen molar-refractivity contribution in [1.82, 2.24) is 14.8 Å². The van der Waals surface area contributed by atoms with Gasteiger partial charge in [0.25, 0.3) is 5.95 Å². The van der Waals surface area contributed by atoms with Gasteiger partial charge in [-0.05, 0) is 49.2 Å². The third kappa shape index (κ3) is 4.05. The van der Waals surface area contributed by atoms with Gasteiger partial charge in [-0.1, -0.05) is 24.3 Å². The van der Waals surface area contributed by atoms with Crippen LogP contribution in [0.4, 0.5) is 26.8 Å². The smallest absolute Gasteiger partial charge is 0.414 e. The highest BCUT2D eigenvalue weighted by atomic mass is 19.1. The second-order valence-electron chi connectivity index (χ2n) is 7.41. The van der Waals surface area contributed by atoms with Crippen molar-refractivity contribution in [3.05, 3.63) is 76.5 Å². The molecule has 1 amide bonds. The lowest BCUT2D eigenvalue weighted by atomic mass is 9.95. The van der Waals surface area contributed by atoms with Crippen LogP contribution in [0.5, 0.6) is 0 Å². The molecule has 0 spiro atoms. The number of hydrogen-bond donors (Lipinski definition) is 1. The molecule has 1 aliphatic heterocycles. The third-order valence-electron chi connectivity index (χ3n) is 5.34. The SMILES string of the molecule is CCOC(=O)Nc1nc2n(n1)[C@H](c1ccc(C#N)cc1)C(C#N)=C(C)N2c1cccc(CF)c1. The highest BCUT2D eigenvalue weighted by molar-refractivity contribution is 5.82. The van der Waals surface area contributed by atoms with Gasteiger partial charge in [-0.2, -0.15) is 15.5 Å². The first-order valence-corrected chi connectivity index (χ1v) is 10.5. The van der Waals surface area contributed by atoms with Crippen LogP contribution in [0.3, 0.4) is 0 Å². The summed E-state index contributed by atoms with van der Waals surface area (Å²) in [5.41, 5.74) is 3.21. The number of ether oxygens (including phenoxy) is 1. The van der Waals surface area contributed by atoms with Gasteiger partial charge in [0.05, 0.1) is 29.9 Å². The fraction of sp³-hybridized carbons (Fsp3) is 0.208. The van der Waals surface area contributed by atoms with Crippen LogP contribution in [0.15, 0.2) is 59.8 Å². The largest absolute Gasteiger partial charge is 0.450 e. The maximum Gasteiger partial charge on any atom is 0.414 e. The number of benzene rings is 2. The molecule has 1 atom stereocenters. The summed E-state index contributed by atoms with van der Waals surface area (Å²) >= 11 is 0. The van der Waals surface area contributed by atoms with Crippen LogP contribution >= 0.6 is 0 Å². The quantitative estimate of drug-likeness (QED) is 0.588. The van der Waals surface area contributed by atoms with E-state index in [0.29, 0.717) is 39.6 Å². The van der Waals surface area contributed by atoms with Crippen LogP contribution in [-0.4, -0.2) is 27.5 Å². The Bertz CT molecular complexity index is 1350. The second-order valence-corrected chi connectivity index (χ2v) is 7.41. The monoisotopic (exact) mass is 457 g/mol. The molecule has 0 saturated heterocycles. The molecule has 0 aliphatic carbocycles. The lowest BCUT2D eigenvalue weighted by Crippen LogP contribution is -2.30. The predicted molar refractivity (Wildman–Crippen MR) is 122 cm³/mol. The van der Waals surface area contributed by atoms with Crippen molar-refractivity contribution in [2.75, 3.05) is 16.8 Å². The van der Waals surface area contributed by atoms with Crippen LogP contribution < -0.4 is 10.2 Å². The van der Waals surface area contributed by atoms with Gasteiger partial charge in [0, 0.05) is 11.4 Å². The molecule has 9 nitrogen and oxygen atoms in total. The summed E-state index contributed by atoms with van der Waals surface area (Å²) in [6, 6.07) is 17.3. The zero-order valence-electron chi connectivity index (χ0n) is 18.5. The summed E-state index contributed by atoms with van der Waals surface area (Å²) in [5.74, 6) is 0.319. The van der Waals surface area contributed by atoms with E-state index in [-0.39, 0.29) is 12.6 Å². The van der Waals surface area contributed by atoms with Crippen molar-refractivity contribution in [2.45, 2.75) is 26.6 Å². The minimum Gasteiger partial charge on any atom is -0.450 e. The van der Waals surface area contributed by atoms with Crippen molar-refractivity contribution in [3.8, 4) is 12.1 Å². The molecule has 34 heavy (non-hydrogen) atoms. The zero-order valence-corrected chi connectivity index (χ0v) is 18.5. The molecule has 170 valence electrons. The predicted octanol–water partition coefficient (Wildman–Crippen LogP) is 4.73. The van der Waals surface area contributed by atoms with Crippen LogP contribution in [0.1, 0.15) is 36.6 Å². The van der Waals surface area contributed by atoms with Crippen LogP contribution in [0.25, 0.3) is 0 Å². The van der Waals surface area contributed by atoms with Gasteiger partial charge in [0.2, 0.25) is 5.95 Å². The van der Waals surface area contributed by atoms with Gasteiger partial charge >= 0.3 is 6.09 Å². The van der Waals surface area contributed by atoms with Crippen molar-refractivity contribution in [2.24, 2.45) is 0 Å². The van der Waals surface area contributed by atoms with E-state index in [1.807, 2.05) is 0 Å². The van der Waals surface area contributed by atoms with Crippen molar-refractivity contribution in [3.63, 3.8) is 0 Å². The van der Waals surface area contributed by atoms with Crippen molar-refractivity contribution < 1.29 is 13.9 Å². The molecule has 0 bridgehead atoms. The Morgan fingerprint density at radius 2 is 1.97 bits per heavy atom. The number of amides is 1. The van der Waals surface area contributed by atoms with Crippen molar-refractivity contribution >= 4 is 23.7 Å². The molecular weight excluding hydrogens is 437 g/mol. The van der Waals surface area contributed by atoms with Crippen LogP contribution in [-0.2, 0) is 11.4 Å². The average molecular weight is 457 g/mol. The maximum atomic E-state index is 13.4. The zero-order chi connectivity index (χ0) is 24.2. The summed E-state index contributed by atoms with van der Waals surface area (Å²) in [6.45, 7) is 2.98. The Morgan fingerprint density at radius 3 is 2.62 bits per heavy atom. The van der Waals surface area contributed by atoms with Gasteiger partial charge in [0.1, 0.15) is 12.7 Å². The van der Waals surface area contributed by atoms with Crippen LogP contribution in [0.2, 0.25) is 0 Å². The Balaban J connectivity index is 1.90. The Kier molecular flexibility index (Phi) is 6.24. The number of anilines is 3. The normalized spacial score (nSPS) is 14.7. The number of carbonyl (C=O) groups is 1. The average Bonchev–Trinajstić information content (AvgIpc) is 3.25. The van der Waals surface area contributed by atoms with E-state index in [9.17, 15) is 14.4 Å². The van der Waals surface area contributed by atoms with Gasteiger partial charge < -0.3 is 4.74 Å². The molecule has 0 fully saturated rings. The standard InChI is InChI=1S/C24H20FN7O2/c1-3-34-24(33)29-22-28-23-31(19-6-4-5-17(11-19)12-25)15(2)20(14-27)21(32(23)30-22)18-9-7-16(13-26)8-10-18/h4-11,21H,3,12H2,1-2H3,(H,29,30,33)/t21-/m1/s1. The first kappa shape index (κ1) is 22.5. The number of nitriles is 2. The number of nitrogens with one attached hydrogen (secondary N) is 1. The number of fused-ring (bicyclic) bond motifs is 1. The Labute approximate surface area is 195 Å². The number of halogens is 1. The highest BCUT2D eigenvalue weighted by Gasteiger charge is 2.36. The molecule has 10 heteroatoms. The topological polar surface area (TPSA) is 120 Å². The lowest BCUT2D eigenvalue weighted by molar-refractivity contribution is 0.167. The molecule has 0 unspecified atom stereocenters. The number of carbonyl (C=O) groups excluding carboxylic acids is 1. The number of hydrogen-bond acceptors (Lipinski definition) is 7. The van der Waals surface area contributed by atoms with Gasteiger partial charge in [-0.15, -0.1) is 5.10 Å². The first-order chi connectivity index (χ1) is 16.5. The molecule has 3 aromatic rings. The molecular formula is C24H20FN7O2. The minimum atomic E-state index is -0.712. The van der Waals surface area contributed by atoms with E-state index in [0.717, 1.165) is 0 Å². The van der Waals surface area contributed by atoms with E-state index >= 15 is 0 Å². The highest BCUT2D eigenvalue weighted by Crippen LogP contribution is 2.42. The summed E-state index contributed by atoms with van der Waals surface area (Å²) in [4.78, 5) is 18.2. The van der Waals surface area contributed by atoms with E-state index in [4.69, 9.17) is 10.00 Å². The molecule has 1 aliphatic rings. The second kappa shape index (κ2) is 9.43. The Hall–Kier alpha value is -4.70. The first-order valence-electron chi connectivity index (χ1n) is 10.5. The van der Waals surface area contributed by atoms with Gasteiger partial charge in [-0.25, -0.2) is 13.9 Å². The molecule has 1 aromatic heterocycles. The lowest BCUT2D eigenvalue weighted by Gasteiger charge is -2.34. The summed E-state index contributed by atoms with van der Waals surface area (Å²) in [6.07, 6.45) is -0.712. The number of alkyl halides is 1. The number of allylic oxidation sites excluding steroid dienone is 2. The van der Waals surface area contributed by atoms with E-state index in [1.54, 1.807) is 67.3 Å². The van der Waals surface area contributed by atoms with E-state index < -0.39 is 18.8 Å². The molecule has 2 heterocycles. The van der Waals surface area contributed by atoms with E-state index in [2.05, 4.69) is 27.5 Å².